The number of carbonyl (C=O) groups is 2. The summed E-state index contributed by atoms with van der Waals surface area (Å²) in [6, 6.07) is 26.6. The Morgan fingerprint density at radius 2 is 1.65 bits per heavy atom. The van der Waals surface area contributed by atoms with E-state index in [1.807, 2.05) is 72.8 Å². The summed E-state index contributed by atoms with van der Waals surface area (Å²) < 4.78 is 39.9. The summed E-state index contributed by atoms with van der Waals surface area (Å²) in [6.45, 7) is 1.81. The number of hydrogen-bond donors (Lipinski definition) is 3. The van der Waals surface area contributed by atoms with Crippen LogP contribution in [0.1, 0.15) is 83.1 Å². The molecule has 2 aliphatic rings. The highest BCUT2D eigenvalue weighted by Gasteiger charge is 2.41. The number of nitrogens with zero attached hydrogens (tertiary/aromatic N) is 1. The van der Waals surface area contributed by atoms with Crippen LogP contribution in [0.2, 0.25) is 0 Å². The largest absolute Gasteiger partial charge is 0.405 e. The number of halogens is 3. The van der Waals surface area contributed by atoms with Crippen LogP contribution in [-0.2, 0) is 17.8 Å². The molecule has 1 saturated heterocycles. The minimum Gasteiger partial charge on any atom is -0.380 e. The highest BCUT2D eigenvalue weighted by Crippen LogP contribution is 2.51. The van der Waals surface area contributed by atoms with Crippen molar-refractivity contribution >= 4 is 23.1 Å². The summed E-state index contributed by atoms with van der Waals surface area (Å²) in [5, 5.41) is 5.61. The van der Waals surface area contributed by atoms with E-state index in [0.29, 0.717) is 58.7 Å². The van der Waals surface area contributed by atoms with Crippen molar-refractivity contribution in [1.29, 1.82) is 0 Å². The van der Waals surface area contributed by atoms with Gasteiger partial charge in [0.2, 0.25) is 5.91 Å². The first-order valence-corrected chi connectivity index (χ1v) is 16.7. The maximum absolute atomic E-state index is 14.9. The maximum Gasteiger partial charge on any atom is 0.405 e. The number of anilines is 2. The number of unbranched alkanes of at least 4 members (excludes halogenated alkanes) is 1. The minimum absolute atomic E-state index is 0.179. The fourth-order valence-electron chi connectivity index (χ4n) is 7.12. The normalized spacial score (nSPS) is 17.1. The Morgan fingerprint density at radius 3 is 2.40 bits per heavy atom. The molecule has 1 heterocycles. The molecule has 1 aliphatic heterocycles. The van der Waals surface area contributed by atoms with Gasteiger partial charge in [-0.15, -0.1) is 0 Å². The van der Waals surface area contributed by atoms with Gasteiger partial charge in [-0.2, -0.15) is 13.2 Å². The third-order valence-electron chi connectivity index (χ3n) is 9.38. The van der Waals surface area contributed by atoms with Crippen molar-refractivity contribution in [3.8, 4) is 11.1 Å². The van der Waals surface area contributed by atoms with Crippen LogP contribution >= 0.6 is 0 Å². The van der Waals surface area contributed by atoms with Crippen molar-refractivity contribution < 1.29 is 22.8 Å². The monoisotopic (exact) mass is 654 g/mol. The Bertz CT molecular complexity index is 1790. The van der Waals surface area contributed by atoms with Crippen LogP contribution < -0.4 is 21.3 Å². The van der Waals surface area contributed by atoms with Crippen molar-refractivity contribution in [1.82, 2.24) is 5.32 Å². The van der Waals surface area contributed by atoms with Crippen molar-refractivity contribution in [3.63, 3.8) is 0 Å². The van der Waals surface area contributed by atoms with Crippen LogP contribution in [0.25, 0.3) is 11.1 Å². The first-order valence-electron chi connectivity index (χ1n) is 16.7. The van der Waals surface area contributed by atoms with Crippen molar-refractivity contribution in [2.24, 2.45) is 5.73 Å². The lowest BCUT2D eigenvalue weighted by molar-refractivity contribution is -0.138. The standard InChI is InChI=1S/C39H41F3N4O2/c1-2-3-15-29-34-30(26-16-7-8-17-27(26)35(34)38(48)45-24-39(40,41)42)22-31(36(29)46-21-12-11-20-33(46)43)37(47)28-18-9-10-19-32(28)44-23-25-13-5-4-6-14-25/h4-10,13-14,16-19,22,33,35,44H,2-3,11-12,15,20-21,23-24,43H2,1H3,(H,45,48). The van der Waals surface area contributed by atoms with E-state index in [9.17, 15) is 22.8 Å². The van der Waals surface area contributed by atoms with Gasteiger partial charge in [0, 0.05) is 29.9 Å². The summed E-state index contributed by atoms with van der Waals surface area (Å²) in [5.41, 5.74) is 13.8. The van der Waals surface area contributed by atoms with Gasteiger partial charge >= 0.3 is 6.18 Å². The van der Waals surface area contributed by atoms with E-state index in [4.69, 9.17) is 5.73 Å². The summed E-state index contributed by atoms with van der Waals surface area (Å²) in [7, 11) is 0. The first kappa shape index (κ1) is 33.3. The molecule has 6 rings (SSSR count). The van der Waals surface area contributed by atoms with Crippen molar-refractivity contribution in [2.45, 2.75) is 70.3 Å². The van der Waals surface area contributed by atoms with Crippen LogP contribution in [0.5, 0.6) is 0 Å². The highest BCUT2D eigenvalue weighted by molar-refractivity contribution is 6.17. The zero-order chi connectivity index (χ0) is 33.8. The maximum atomic E-state index is 14.9. The van der Waals surface area contributed by atoms with E-state index in [1.54, 1.807) is 12.1 Å². The van der Waals surface area contributed by atoms with E-state index in [-0.39, 0.29) is 11.9 Å². The molecule has 4 N–H and O–H groups in total. The van der Waals surface area contributed by atoms with Crippen LogP contribution in [0, 0.1) is 0 Å². The topological polar surface area (TPSA) is 87.5 Å². The molecule has 1 aliphatic carbocycles. The molecule has 0 aromatic heterocycles. The molecule has 4 aromatic rings. The molecule has 250 valence electrons. The lowest BCUT2D eigenvalue weighted by atomic mass is 9.84. The molecule has 0 saturated carbocycles. The van der Waals surface area contributed by atoms with Gasteiger partial charge in [0.15, 0.2) is 5.78 Å². The molecule has 2 atom stereocenters. The molecule has 1 fully saturated rings. The summed E-state index contributed by atoms with van der Waals surface area (Å²) >= 11 is 0. The van der Waals surface area contributed by atoms with Gasteiger partial charge < -0.3 is 21.3 Å². The second-order valence-electron chi connectivity index (χ2n) is 12.6. The lowest BCUT2D eigenvalue weighted by Gasteiger charge is -2.38. The number of para-hydroxylation sites is 1. The molecule has 1 amide bonds. The van der Waals surface area contributed by atoms with Gasteiger partial charge in [0.1, 0.15) is 6.54 Å². The fraction of sp³-hybridized carbons (Fsp3) is 0.333. The molecule has 2 unspecified atom stereocenters. The molecule has 0 spiro atoms. The Labute approximate surface area is 279 Å². The van der Waals surface area contributed by atoms with Crippen LogP contribution in [0.3, 0.4) is 0 Å². The predicted octanol–water partition coefficient (Wildman–Crippen LogP) is 7.94. The Hall–Kier alpha value is -4.63. The van der Waals surface area contributed by atoms with Crippen LogP contribution in [-0.4, -0.2) is 37.1 Å². The second kappa shape index (κ2) is 14.2. The van der Waals surface area contributed by atoms with E-state index in [1.165, 1.54) is 0 Å². The quantitative estimate of drug-likeness (QED) is 0.143. The number of piperidine rings is 1. The van der Waals surface area contributed by atoms with E-state index >= 15 is 0 Å². The fourth-order valence-corrected chi connectivity index (χ4v) is 7.12. The number of alkyl halides is 3. The zero-order valence-electron chi connectivity index (χ0n) is 27.1. The molecular weight excluding hydrogens is 613 g/mol. The van der Waals surface area contributed by atoms with Gasteiger partial charge in [0.05, 0.1) is 17.8 Å². The number of fused-ring (bicyclic) bond motifs is 3. The summed E-state index contributed by atoms with van der Waals surface area (Å²) in [6.07, 6.45) is -0.160. The molecule has 48 heavy (non-hydrogen) atoms. The second-order valence-corrected chi connectivity index (χ2v) is 12.6. The van der Waals surface area contributed by atoms with Gasteiger partial charge in [-0.25, -0.2) is 0 Å². The predicted molar refractivity (Wildman–Crippen MR) is 184 cm³/mol. The number of rotatable bonds is 11. The number of carbonyl (C=O) groups excluding carboxylic acids is 2. The van der Waals surface area contributed by atoms with E-state index < -0.39 is 24.5 Å². The average Bonchev–Trinajstić information content (AvgIpc) is 3.43. The first-order chi connectivity index (χ1) is 23.2. The number of nitrogens with two attached hydrogens (primary N) is 1. The molecule has 6 nitrogen and oxygen atoms in total. The van der Waals surface area contributed by atoms with Gasteiger partial charge in [-0.05, 0) is 83.7 Å². The van der Waals surface area contributed by atoms with Crippen LogP contribution in [0.4, 0.5) is 24.5 Å². The van der Waals surface area contributed by atoms with E-state index in [2.05, 4.69) is 22.5 Å². The lowest BCUT2D eigenvalue weighted by Crippen LogP contribution is -2.47. The van der Waals surface area contributed by atoms with Gasteiger partial charge in [-0.3, -0.25) is 9.59 Å². The highest BCUT2D eigenvalue weighted by atomic mass is 19.4. The van der Waals surface area contributed by atoms with Gasteiger partial charge in [-0.1, -0.05) is 80.1 Å². The molecule has 0 bridgehead atoms. The van der Waals surface area contributed by atoms with E-state index in [0.717, 1.165) is 48.8 Å². The minimum atomic E-state index is -4.55. The molecule has 9 heteroatoms. The SMILES string of the molecule is CCCCc1c2c(cc(C(=O)c3ccccc3NCc3ccccc3)c1N1CCCCC1N)-c1ccccc1C2C(=O)NCC(F)(F)F. The summed E-state index contributed by atoms with van der Waals surface area (Å²) in [4.78, 5) is 30.7. The number of amides is 1. The molecular formula is C39H41F3N4O2. The molecule has 0 radical (unpaired) electrons. The Morgan fingerprint density at radius 1 is 0.917 bits per heavy atom. The zero-order valence-corrected chi connectivity index (χ0v) is 27.1. The molecule has 4 aromatic carbocycles. The van der Waals surface area contributed by atoms with Gasteiger partial charge in [0.25, 0.3) is 0 Å². The third-order valence-corrected chi connectivity index (χ3v) is 9.38. The number of ketones is 1. The number of hydrogen-bond acceptors (Lipinski definition) is 5. The Kier molecular flexibility index (Phi) is 9.87. The average molecular weight is 655 g/mol. The number of nitrogens with one attached hydrogen (secondary N) is 2. The Balaban J connectivity index is 1.54. The third kappa shape index (κ3) is 6.83. The van der Waals surface area contributed by atoms with Crippen molar-refractivity contribution in [2.75, 3.05) is 23.3 Å². The summed E-state index contributed by atoms with van der Waals surface area (Å²) in [5.74, 6) is -1.84. The van der Waals surface area contributed by atoms with Crippen molar-refractivity contribution in [3.05, 3.63) is 118 Å². The van der Waals surface area contributed by atoms with Crippen LogP contribution in [0.15, 0.2) is 84.9 Å². The number of benzene rings is 4. The smallest absolute Gasteiger partial charge is 0.380 e.